The van der Waals surface area contributed by atoms with Crippen molar-refractivity contribution in [1.82, 2.24) is 9.55 Å². The molecule has 0 aliphatic heterocycles. The van der Waals surface area contributed by atoms with Crippen molar-refractivity contribution in [2.75, 3.05) is 0 Å². The van der Waals surface area contributed by atoms with Gasteiger partial charge in [-0.3, -0.25) is 4.57 Å². The summed E-state index contributed by atoms with van der Waals surface area (Å²) in [5.41, 5.74) is 19.2. The lowest BCUT2D eigenvalue weighted by molar-refractivity contribution is 1.10. The first-order chi connectivity index (χ1) is 27.3. The minimum absolute atomic E-state index is 0.932. The molecule has 0 N–H and O–H groups in total. The number of benzene rings is 9. The van der Waals surface area contributed by atoms with Gasteiger partial charge in [-0.1, -0.05) is 170 Å². The first kappa shape index (κ1) is 31.3. The maximum absolute atomic E-state index is 5.19. The SMILES string of the molecule is c1ccc(-c2cc(-c3ccccc3)c3c(c2-c2ccccc2)-c2ccc(-c4cccc(-c5nc6ccccc6n5-c5ccccc5)c4)c4cccc-3c24)cc1. The van der Waals surface area contributed by atoms with Gasteiger partial charge in [0.2, 0.25) is 0 Å². The quantitative estimate of drug-likeness (QED) is 0.169. The zero-order valence-corrected chi connectivity index (χ0v) is 30.0. The van der Waals surface area contributed by atoms with Gasteiger partial charge in [0.05, 0.1) is 11.0 Å². The Labute approximate surface area is 320 Å². The molecule has 0 bridgehead atoms. The van der Waals surface area contributed by atoms with Crippen molar-refractivity contribution in [2.24, 2.45) is 0 Å². The molecule has 2 nitrogen and oxygen atoms in total. The minimum Gasteiger partial charge on any atom is -0.292 e. The van der Waals surface area contributed by atoms with Crippen LogP contribution < -0.4 is 0 Å². The molecule has 0 saturated heterocycles. The highest BCUT2D eigenvalue weighted by Gasteiger charge is 2.31. The molecule has 1 aliphatic carbocycles. The van der Waals surface area contributed by atoms with Gasteiger partial charge in [-0.25, -0.2) is 4.98 Å². The van der Waals surface area contributed by atoms with Crippen LogP contribution in [0.4, 0.5) is 0 Å². The average molecular weight is 699 g/mol. The van der Waals surface area contributed by atoms with E-state index >= 15 is 0 Å². The summed E-state index contributed by atoms with van der Waals surface area (Å²) in [6, 6.07) is 74.5. The van der Waals surface area contributed by atoms with E-state index in [1.807, 2.05) is 0 Å². The molecule has 0 fully saturated rings. The highest BCUT2D eigenvalue weighted by atomic mass is 15.1. The molecule has 11 rings (SSSR count). The molecule has 256 valence electrons. The molecule has 0 radical (unpaired) electrons. The van der Waals surface area contributed by atoms with Crippen LogP contribution in [-0.2, 0) is 0 Å². The van der Waals surface area contributed by atoms with E-state index in [9.17, 15) is 0 Å². The second-order valence-corrected chi connectivity index (χ2v) is 14.3. The van der Waals surface area contributed by atoms with Crippen LogP contribution in [0.25, 0.3) is 106 Å². The molecule has 0 saturated carbocycles. The van der Waals surface area contributed by atoms with Crippen molar-refractivity contribution < 1.29 is 0 Å². The predicted octanol–water partition coefficient (Wildman–Crippen LogP) is 14.2. The Morgan fingerprint density at radius 1 is 0.327 bits per heavy atom. The smallest absolute Gasteiger partial charge is 0.145 e. The molecule has 9 aromatic carbocycles. The molecule has 0 atom stereocenters. The van der Waals surface area contributed by atoms with Crippen molar-refractivity contribution in [1.29, 1.82) is 0 Å². The van der Waals surface area contributed by atoms with E-state index in [1.165, 1.54) is 77.5 Å². The number of rotatable bonds is 6. The molecule has 55 heavy (non-hydrogen) atoms. The van der Waals surface area contributed by atoms with Crippen molar-refractivity contribution in [2.45, 2.75) is 0 Å². The lowest BCUT2D eigenvalue weighted by Crippen LogP contribution is -1.97. The van der Waals surface area contributed by atoms with Crippen molar-refractivity contribution >= 4 is 21.8 Å². The number of nitrogens with zero attached hydrogens (tertiary/aromatic N) is 2. The van der Waals surface area contributed by atoms with Gasteiger partial charge in [0, 0.05) is 11.3 Å². The Balaban J connectivity index is 1.16. The van der Waals surface area contributed by atoms with E-state index in [0.717, 1.165) is 28.1 Å². The van der Waals surface area contributed by atoms with E-state index in [4.69, 9.17) is 4.98 Å². The van der Waals surface area contributed by atoms with Crippen molar-refractivity contribution in [3.8, 4) is 83.8 Å². The van der Waals surface area contributed by atoms with Crippen LogP contribution >= 0.6 is 0 Å². The van der Waals surface area contributed by atoms with E-state index in [2.05, 4.69) is 211 Å². The molecule has 1 aliphatic rings. The average Bonchev–Trinajstić information content (AvgIpc) is 3.82. The molecule has 10 aromatic rings. The fraction of sp³-hybridized carbons (Fsp3) is 0. The van der Waals surface area contributed by atoms with Crippen molar-refractivity contribution in [3.63, 3.8) is 0 Å². The summed E-state index contributed by atoms with van der Waals surface area (Å²) in [6.07, 6.45) is 0. The summed E-state index contributed by atoms with van der Waals surface area (Å²) in [6.45, 7) is 0. The van der Waals surface area contributed by atoms with Crippen LogP contribution in [0, 0.1) is 0 Å². The monoisotopic (exact) mass is 698 g/mol. The second kappa shape index (κ2) is 12.7. The predicted molar refractivity (Wildman–Crippen MR) is 230 cm³/mol. The van der Waals surface area contributed by atoms with Gasteiger partial charge in [-0.15, -0.1) is 0 Å². The van der Waals surface area contributed by atoms with Crippen LogP contribution in [0.1, 0.15) is 0 Å². The van der Waals surface area contributed by atoms with Gasteiger partial charge in [-0.2, -0.15) is 0 Å². The van der Waals surface area contributed by atoms with Crippen LogP contribution in [0.2, 0.25) is 0 Å². The number of aromatic nitrogens is 2. The highest BCUT2D eigenvalue weighted by molar-refractivity contribution is 6.24. The fourth-order valence-electron chi connectivity index (χ4n) is 8.79. The lowest BCUT2D eigenvalue weighted by atomic mass is 9.82. The van der Waals surface area contributed by atoms with E-state index in [-0.39, 0.29) is 0 Å². The Bertz CT molecular complexity index is 3050. The highest BCUT2D eigenvalue weighted by Crippen LogP contribution is 2.58. The lowest BCUT2D eigenvalue weighted by Gasteiger charge is -2.21. The van der Waals surface area contributed by atoms with Crippen LogP contribution in [0.15, 0.2) is 206 Å². The van der Waals surface area contributed by atoms with Gasteiger partial charge < -0.3 is 0 Å². The largest absolute Gasteiger partial charge is 0.292 e. The number of fused-ring (bicyclic) bond motifs is 4. The number of para-hydroxylation sites is 3. The van der Waals surface area contributed by atoms with Gasteiger partial charge in [0.15, 0.2) is 0 Å². The number of imidazole rings is 1. The first-order valence-electron chi connectivity index (χ1n) is 18.9. The summed E-state index contributed by atoms with van der Waals surface area (Å²) in [4.78, 5) is 5.19. The third-order valence-electron chi connectivity index (χ3n) is 11.1. The Hall–Kier alpha value is -7.29. The zero-order valence-electron chi connectivity index (χ0n) is 30.0. The maximum Gasteiger partial charge on any atom is 0.145 e. The Morgan fingerprint density at radius 3 is 1.60 bits per heavy atom. The van der Waals surface area contributed by atoms with E-state index in [0.29, 0.717) is 0 Å². The molecule has 1 aromatic heterocycles. The molecular formula is C53H34N2. The first-order valence-corrected chi connectivity index (χ1v) is 18.9. The molecule has 0 unspecified atom stereocenters. The summed E-state index contributed by atoms with van der Waals surface area (Å²) in [5.74, 6) is 0.932. The van der Waals surface area contributed by atoms with Crippen LogP contribution in [0.3, 0.4) is 0 Å². The molecule has 0 amide bonds. The summed E-state index contributed by atoms with van der Waals surface area (Å²) >= 11 is 0. The summed E-state index contributed by atoms with van der Waals surface area (Å²) in [5, 5.41) is 2.55. The summed E-state index contributed by atoms with van der Waals surface area (Å²) in [7, 11) is 0. The second-order valence-electron chi connectivity index (χ2n) is 14.3. The standard InChI is InChI=1S/C53H34N2/c1-5-17-35(18-6-1)45-34-46(36-19-7-2-8-20-36)51-43-28-16-27-42-41(31-32-44(50(42)43)52(51)49(45)37-21-9-3-10-22-37)38-23-15-24-39(33-38)53-54-47-29-13-14-30-48(47)55(53)40-25-11-4-12-26-40/h1-34H. The zero-order chi connectivity index (χ0) is 36.3. The topological polar surface area (TPSA) is 17.8 Å². The van der Waals surface area contributed by atoms with E-state index in [1.54, 1.807) is 0 Å². The van der Waals surface area contributed by atoms with Crippen LogP contribution in [-0.4, -0.2) is 9.55 Å². The summed E-state index contributed by atoms with van der Waals surface area (Å²) < 4.78 is 2.28. The minimum atomic E-state index is 0.932. The van der Waals surface area contributed by atoms with Gasteiger partial charge in [-0.05, 0) is 114 Å². The number of hydrogen-bond donors (Lipinski definition) is 0. The Morgan fingerprint density at radius 2 is 0.873 bits per heavy atom. The number of hydrogen-bond acceptors (Lipinski definition) is 1. The van der Waals surface area contributed by atoms with Gasteiger partial charge in [0.25, 0.3) is 0 Å². The third-order valence-corrected chi connectivity index (χ3v) is 11.1. The third kappa shape index (κ3) is 5.00. The Kier molecular flexibility index (Phi) is 7.21. The molecule has 0 spiro atoms. The van der Waals surface area contributed by atoms with Gasteiger partial charge in [0.1, 0.15) is 5.82 Å². The van der Waals surface area contributed by atoms with Crippen molar-refractivity contribution in [3.05, 3.63) is 206 Å². The molecule has 2 heteroatoms. The van der Waals surface area contributed by atoms with E-state index < -0.39 is 0 Å². The maximum atomic E-state index is 5.19. The normalized spacial score (nSPS) is 11.6. The van der Waals surface area contributed by atoms with Gasteiger partial charge >= 0.3 is 0 Å². The molecule has 1 heterocycles. The van der Waals surface area contributed by atoms with Crippen LogP contribution in [0.5, 0.6) is 0 Å². The fourth-order valence-corrected chi connectivity index (χ4v) is 8.79. The molecular weight excluding hydrogens is 665 g/mol.